The van der Waals surface area contributed by atoms with Crippen LogP contribution in [0.3, 0.4) is 0 Å². The molecule has 0 heterocycles. The van der Waals surface area contributed by atoms with Crippen LogP contribution in [0.15, 0.2) is 78.9 Å². The highest BCUT2D eigenvalue weighted by molar-refractivity contribution is 7.88. The van der Waals surface area contributed by atoms with Gasteiger partial charge in [0, 0.05) is 13.1 Å². The summed E-state index contributed by atoms with van der Waals surface area (Å²) < 4.78 is 38.7. The fraction of sp³-hybridized carbons (Fsp3) is 0.308. The Morgan fingerprint density at radius 2 is 1.58 bits per heavy atom. The third kappa shape index (κ3) is 8.20. The highest BCUT2D eigenvalue weighted by Gasteiger charge is 2.12. The lowest BCUT2D eigenvalue weighted by molar-refractivity contribution is 0.276. The van der Waals surface area contributed by atoms with Crippen molar-refractivity contribution >= 4 is 10.0 Å². The van der Waals surface area contributed by atoms with Gasteiger partial charge in [-0.3, -0.25) is 4.90 Å². The van der Waals surface area contributed by atoms with E-state index in [9.17, 15) is 8.42 Å². The van der Waals surface area contributed by atoms with Crippen molar-refractivity contribution in [1.82, 2.24) is 9.62 Å². The zero-order valence-corrected chi connectivity index (χ0v) is 20.1. The summed E-state index contributed by atoms with van der Waals surface area (Å²) in [6.07, 6.45) is 0.735. The molecule has 176 valence electrons. The molecule has 33 heavy (non-hydrogen) atoms. The van der Waals surface area contributed by atoms with Crippen LogP contribution in [0.25, 0.3) is 0 Å². The second-order valence-electron chi connectivity index (χ2n) is 7.76. The van der Waals surface area contributed by atoms with E-state index in [0.29, 0.717) is 18.0 Å². The van der Waals surface area contributed by atoms with E-state index in [-0.39, 0.29) is 5.75 Å². The van der Waals surface area contributed by atoms with Gasteiger partial charge in [-0.1, -0.05) is 61.5 Å². The Balaban J connectivity index is 1.49. The van der Waals surface area contributed by atoms with E-state index in [1.165, 1.54) is 0 Å². The lowest BCUT2D eigenvalue weighted by Crippen LogP contribution is -2.30. The maximum Gasteiger partial charge on any atom is 0.215 e. The van der Waals surface area contributed by atoms with Gasteiger partial charge in [0.15, 0.2) is 11.5 Å². The third-order valence-electron chi connectivity index (χ3n) is 5.22. The molecule has 6 nitrogen and oxygen atoms in total. The number of hydrogen-bond donors (Lipinski definition) is 1. The van der Waals surface area contributed by atoms with Crippen LogP contribution >= 0.6 is 0 Å². The first-order valence-electron chi connectivity index (χ1n) is 11.1. The van der Waals surface area contributed by atoms with Gasteiger partial charge in [-0.2, -0.15) is 0 Å². The fourth-order valence-electron chi connectivity index (χ4n) is 3.52. The zero-order valence-electron chi connectivity index (χ0n) is 19.2. The molecular weight excluding hydrogens is 436 g/mol. The summed E-state index contributed by atoms with van der Waals surface area (Å²) in [6, 6.07) is 24.8. The Bertz CT molecular complexity index is 1100. The van der Waals surface area contributed by atoms with Crippen molar-refractivity contribution in [3.8, 4) is 17.2 Å². The lowest BCUT2D eigenvalue weighted by atomic mass is 10.2. The van der Waals surface area contributed by atoms with E-state index in [2.05, 4.69) is 22.6 Å². The molecule has 0 aliphatic carbocycles. The molecule has 3 aromatic carbocycles. The van der Waals surface area contributed by atoms with Gasteiger partial charge in [0.25, 0.3) is 0 Å². The number of ether oxygens (including phenoxy) is 2. The Morgan fingerprint density at radius 3 is 2.30 bits per heavy atom. The predicted octanol–water partition coefficient (Wildman–Crippen LogP) is 4.82. The van der Waals surface area contributed by atoms with E-state index in [4.69, 9.17) is 9.47 Å². The minimum absolute atomic E-state index is 0.00429. The first kappa shape index (κ1) is 24.8. The SMILES string of the molecule is CCN(CCCNS(=O)(=O)Cc1ccccc1)Cc1cccc(Oc2ccccc2OC)c1. The van der Waals surface area contributed by atoms with Crippen LogP contribution < -0.4 is 14.2 Å². The number of nitrogens with zero attached hydrogens (tertiary/aromatic N) is 1. The minimum Gasteiger partial charge on any atom is -0.493 e. The number of benzene rings is 3. The van der Waals surface area contributed by atoms with Crippen molar-refractivity contribution in [2.45, 2.75) is 25.6 Å². The van der Waals surface area contributed by atoms with Crippen molar-refractivity contribution in [3.05, 3.63) is 90.0 Å². The van der Waals surface area contributed by atoms with Gasteiger partial charge in [0.05, 0.1) is 12.9 Å². The van der Waals surface area contributed by atoms with Crippen molar-refractivity contribution in [2.24, 2.45) is 0 Å². The molecule has 0 aromatic heterocycles. The molecule has 7 heteroatoms. The molecule has 0 saturated heterocycles. The number of hydrogen-bond acceptors (Lipinski definition) is 5. The first-order chi connectivity index (χ1) is 16.0. The predicted molar refractivity (Wildman–Crippen MR) is 132 cm³/mol. The van der Waals surface area contributed by atoms with Crippen LogP contribution in [0.2, 0.25) is 0 Å². The number of para-hydroxylation sites is 2. The maximum atomic E-state index is 12.3. The molecule has 0 saturated carbocycles. The van der Waals surface area contributed by atoms with Crippen molar-refractivity contribution in [3.63, 3.8) is 0 Å². The molecule has 0 aliphatic rings. The minimum atomic E-state index is -3.33. The molecule has 0 bridgehead atoms. The summed E-state index contributed by atoms with van der Waals surface area (Å²) in [5.74, 6) is 2.12. The molecule has 1 N–H and O–H groups in total. The number of sulfonamides is 1. The van der Waals surface area contributed by atoms with Crippen molar-refractivity contribution < 1.29 is 17.9 Å². The van der Waals surface area contributed by atoms with Crippen molar-refractivity contribution in [1.29, 1.82) is 0 Å². The van der Waals surface area contributed by atoms with E-state index < -0.39 is 10.0 Å². The fourth-order valence-corrected chi connectivity index (χ4v) is 4.71. The molecule has 0 amide bonds. The summed E-state index contributed by atoms with van der Waals surface area (Å²) in [5, 5.41) is 0. The van der Waals surface area contributed by atoms with Crippen LogP contribution in [0, 0.1) is 0 Å². The second-order valence-corrected chi connectivity index (χ2v) is 9.57. The molecule has 0 radical (unpaired) electrons. The van der Waals surface area contributed by atoms with Gasteiger partial charge < -0.3 is 9.47 Å². The van der Waals surface area contributed by atoms with Gasteiger partial charge in [0.2, 0.25) is 10.0 Å². The Labute approximate surface area is 197 Å². The first-order valence-corrected chi connectivity index (χ1v) is 12.8. The summed E-state index contributed by atoms with van der Waals surface area (Å²) in [7, 11) is -1.71. The summed E-state index contributed by atoms with van der Waals surface area (Å²) in [6.45, 7) is 4.95. The topological polar surface area (TPSA) is 67.9 Å². The van der Waals surface area contributed by atoms with Crippen LogP contribution in [-0.4, -0.2) is 40.1 Å². The number of nitrogens with one attached hydrogen (secondary N) is 1. The maximum absolute atomic E-state index is 12.3. The van der Waals surface area contributed by atoms with Crippen LogP contribution in [0.1, 0.15) is 24.5 Å². The van der Waals surface area contributed by atoms with E-state index >= 15 is 0 Å². The van der Waals surface area contributed by atoms with E-state index in [0.717, 1.165) is 42.9 Å². The largest absolute Gasteiger partial charge is 0.493 e. The Hall–Kier alpha value is -2.87. The second kappa shape index (κ2) is 12.4. The molecule has 3 aromatic rings. The van der Waals surface area contributed by atoms with Crippen LogP contribution in [-0.2, 0) is 22.3 Å². The molecule has 0 aliphatic heterocycles. The molecular formula is C26H32N2O4S. The van der Waals surface area contributed by atoms with Crippen LogP contribution in [0.5, 0.6) is 17.2 Å². The molecule has 0 atom stereocenters. The normalized spacial score (nSPS) is 11.5. The molecule has 0 fully saturated rings. The summed E-state index contributed by atoms with van der Waals surface area (Å²) >= 11 is 0. The van der Waals surface area contributed by atoms with Gasteiger partial charge >= 0.3 is 0 Å². The lowest BCUT2D eigenvalue weighted by Gasteiger charge is -2.21. The zero-order chi connectivity index (χ0) is 23.5. The van der Waals surface area contributed by atoms with Crippen LogP contribution in [0.4, 0.5) is 0 Å². The monoisotopic (exact) mass is 468 g/mol. The molecule has 0 unspecified atom stereocenters. The number of methoxy groups -OCH3 is 1. The van der Waals surface area contributed by atoms with Gasteiger partial charge in [-0.15, -0.1) is 0 Å². The standard InChI is InChI=1S/C26H32N2O4S/c1-3-28(18-10-17-27-33(29,30)21-22-11-5-4-6-12-22)20-23-13-9-14-24(19-23)32-26-16-8-7-15-25(26)31-2/h4-9,11-16,19,27H,3,10,17-18,20-21H2,1-2H3. The van der Waals surface area contributed by atoms with E-state index in [1.54, 1.807) is 7.11 Å². The molecule has 0 spiro atoms. The Kier molecular flexibility index (Phi) is 9.30. The average molecular weight is 469 g/mol. The van der Waals surface area contributed by atoms with Gasteiger partial charge in [-0.05, 0) is 54.9 Å². The smallest absolute Gasteiger partial charge is 0.215 e. The molecule has 3 rings (SSSR count). The third-order valence-corrected chi connectivity index (χ3v) is 6.58. The highest BCUT2D eigenvalue weighted by Crippen LogP contribution is 2.31. The number of rotatable bonds is 13. The highest BCUT2D eigenvalue weighted by atomic mass is 32.2. The Morgan fingerprint density at radius 1 is 0.879 bits per heavy atom. The van der Waals surface area contributed by atoms with Gasteiger partial charge in [-0.25, -0.2) is 13.1 Å². The average Bonchev–Trinajstić information content (AvgIpc) is 2.82. The van der Waals surface area contributed by atoms with Gasteiger partial charge in [0.1, 0.15) is 5.75 Å². The summed E-state index contributed by atoms with van der Waals surface area (Å²) in [4.78, 5) is 2.29. The quantitative estimate of drug-likeness (QED) is 0.364. The van der Waals surface area contributed by atoms with Crippen molar-refractivity contribution in [2.75, 3.05) is 26.7 Å². The van der Waals surface area contributed by atoms with E-state index in [1.807, 2.05) is 72.8 Å². The summed E-state index contributed by atoms with van der Waals surface area (Å²) in [5.41, 5.74) is 1.92.